The topological polar surface area (TPSA) is 38.9 Å². The molecule has 2 N–H and O–H groups in total. The second-order valence-corrected chi connectivity index (χ2v) is 5.51. The molecule has 0 spiro atoms. The Bertz CT molecular complexity index is 525. The van der Waals surface area contributed by atoms with Crippen LogP contribution in [0, 0.1) is 6.92 Å². The third kappa shape index (κ3) is 2.79. The zero-order valence-corrected chi connectivity index (χ0v) is 12.2. The molecule has 0 bridgehead atoms. The van der Waals surface area contributed by atoms with Gasteiger partial charge in [-0.2, -0.15) is 0 Å². The molecule has 2 aromatic rings. The molecule has 1 aromatic carbocycles. The van der Waals surface area contributed by atoms with Crippen molar-refractivity contribution in [2.45, 2.75) is 25.8 Å². The van der Waals surface area contributed by atoms with E-state index < -0.39 is 0 Å². The monoisotopic (exact) mass is 304 g/mol. The molecule has 2 atom stereocenters. The molecule has 2 unspecified atom stereocenters. The van der Waals surface area contributed by atoms with E-state index in [2.05, 4.69) is 46.9 Å². The Hall–Kier alpha value is -1.19. The van der Waals surface area contributed by atoms with Crippen molar-refractivity contribution in [2.75, 3.05) is 0 Å². The molecule has 0 aliphatic carbocycles. The Morgan fingerprint density at radius 3 is 2.44 bits per heavy atom. The maximum Gasteiger partial charge on any atom is 0.0364 e. The number of halogens is 1. The van der Waals surface area contributed by atoms with E-state index in [9.17, 15) is 0 Å². The van der Waals surface area contributed by atoms with Crippen LogP contribution in [0.5, 0.6) is 0 Å². The predicted octanol–water partition coefficient (Wildman–Crippen LogP) is 3.96. The number of nitrogens with zero attached hydrogens (tertiary/aromatic N) is 1. The van der Waals surface area contributed by atoms with E-state index in [1.54, 1.807) is 0 Å². The van der Waals surface area contributed by atoms with Gasteiger partial charge in [-0.3, -0.25) is 4.98 Å². The molecule has 1 aromatic heterocycles. The number of aromatic nitrogens is 1. The van der Waals surface area contributed by atoms with Crippen LogP contribution in [0.1, 0.15) is 35.6 Å². The molecule has 1 heterocycles. The molecule has 0 fully saturated rings. The molecule has 0 aliphatic heterocycles. The molecular weight excluding hydrogens is 288 g/mol. The van der Waals surface area contributed by atoms with Crippen molar-refractivity contribution >= 4 is 15.9 Å². The van der Waals surface area contributed by atoms with Gasteiger partial charge in [-0.25, -0.2) is 0 Å². The van der Waals surface area contributed by atoms with Gasteiger partial charge < -0.3 is 5.73 Å². The fourth-order valence-corrected chi connectivity index (χ4v) is 2.63. The number of pyridine rings is 1. The van der Waals surface area contributed by atoms with Crippen molar-refractivity contribution in [3.8, 4) is 0 Å². The molecule has 94 valence electrons. The first-order valence-corrected chi connectivity index (χ1v) is 6.80. The molecule has 18 heavy (non-hydrogen) atoms. The second kappa shape index (κ2) is 5.63. The second-order valence-electron chi connectivity index (χ2n) is 4.60. The average molecular weight is 305 g/mol. The fourth-order valence-electron chi connectivity index (χ4n) is 2.16. The van der Waals surface area contributed by atoms with Crippen molar-refractivity contribution in [1.82, 2.24) is 4.98 Å². The van der Waals surface area contributed by atoms with Crippen LogP contribution in [-0.4, -0.2) is 4.98 Å². The molecule has 0 saturated heterocycles. The normalized spacial score (nSPS) is 14.2. The standard InChI is InChI=1S/C15H17BrN2/c1-10-9-13(16)3-4-14(10)15(17)11(2)12-5-7-18-8-6-12/h3-9,11,15H,17H2,1-2H3. The third-order valence-electron chi connectivity index (χ3n) is 3.36. The van der Waals surface area contributed by atoms with Gasteiger partial charge >= 0.3 is 0 Å². The van der Waals surface area contributed by atoms with Crippen molar-refractivity contribution in [3.05, 3.63) is 63.9 Å². The molecule has 0 amide bonds. The van der Waals surface area contributed by atoms with Gasteiger partial charge in [0.25, 0.3) is 0 Å². The lowest BCUT2D eigenvalue weighted by atomic mass is 9.88. The Labute approximate surface area is 116 Å². The van der Waals surface area contributed by atoms with Gasteiger partial charge in [-0.15, -0.1) is 0 Å². The zero-order valence-electron chi connectivity index (χ0n) is 10.6. The summed E-state index contributed by atoms with van der Waals surface area (Å²) in [5.74, 6) is 0.271. The lowest BCUT2D eigenvalue weighted by molar-refractivity contribution is 0.594. The fraction of sp³-hybridized carbons (Fsp3) is 0.267. The first kappa shape index (κ1) is 13.2. The van der Waals surface area contributed by atoms with E-state index in [1.165, 1.54) is 16.7 Å². The van der Waals surface area contributed by atoms with E-state index in [0.29, 0.717) is 0 Å². The maximum atomic E-state index is 6.39. The number of hydrogen-bond acceptors (Lipinski definition) is 2. The van der Waals surface area contributed by atoms with E-state index in [1.807, 2.05) is 30.6 Å². The highest BCUT2D eigenvalue weighted by Crippen LogP contribution is 2.31. The SMILES string of the molecule is Cc1cc(Br)ccc1C(N)C(C)c1ccncc1. The van der Waals surface area contributed by atoms with Gasteiger partial charge in [0.05, 0.1) is 0 Å². The van der Waals surface area contributed by atoms with Gasteiger partial charge in [0.15, 0.2) is 0 Å². The van der Waals surface area contributed by atoms with E-state index in [0.717, 1.165) is 4.47 Å². The van der Waals surface area contributed by atoms with Crippen LogP contribution in [0.3, 0.4) is 0 Å². The number of hydrogen-bond donors (Lipinski definition) is 1. The van der Waals surface area contributed by atoms with Crippen LogP contribution < -0.4 is 5.73 Å². The summed E-state index contributed by atoms with van der Waals surface area (Å²) < 4.78 is 1.09. The first-order valence-electron chi connectivity index (χ1n) is 6.01. The van der Waals surface area contributed by atoms with E-state index >= 15 is 0 Å². The number of rotatable bonds is 3. The summed E-state index contributed by atoms with van der Waals surface area (Å²) in [6, 6.07) is 10.3. The summed E-state index contributed by atoms with van der Waals surface area (Å²) >= 11 is 3.48. The summed E-state index contributed by atoms with van der Waals surface area (Å²) in [4.78, 5) is 4.04. The third-order valence-corrected chi connectivity index (χ3v) is 3.85. The Morgan fingerprint density at radius 1 is 1.17 bits per heavy atom. The van der Waals surface area contributed by atoms with Crippen molar-refractivity contribution in [3.63, 3.8) is 0 Å². The Kier molecular flexibility index (Phi) is 4.15. The number of nitrogens with two attached hydrogens (primary N) is 1. The molecular formula is C15H17BrN2. The quantitative estimate of drug-likeness (QED) is 0.932. The Balaban J connectivity index is 2.28. The van der Waals surface area contributed by atoms with Crippen LogP contribution in [0.2, 0.25) is 0 Å². The van der Waals surface area contributed by atoms with Gasteiger partial charge in [0, 0.05) is 28.8 Å². The van der Waals surface area contributed by atoms with Gasteiger partial charge in [0.1, 0.15) is 0 Å². The minimum atomic E-state index is 0.000463. The number of aryl methyl sites for hydroxylation is 1. The van der Waals surface area contributed by atoms with Crippen molar-refractivity contribution in [1.29, 1.82) is 0 Å². The summed E-state index contributed by atoms with van der Waals surface area (Å²) in [6.07, 6.45) is 3.62. The van der Waals surface area contributed by atoms with Crippen LogP contribution in [0.4, 0.5) is 0 Å². The molecule has 0 saturated carbocycles. The van der Waals surface area contributed by atoms with Gasteiger partial charge in [0.2, 0.25) is 0 Å². The lowest BCUT2D eigenvalue weighted by Crippen LogP contribution is -2.18. The highest BCUT2D eigenvalue weighted by atomic mass is 79.9. The van der Waals surface area contributed by atoms with Crippen LogP contribution in [0.25, 0.3) is 0 Å². The molecule has 0 radical (unpaired) electrons. The predicted molar refractivity (Wildman–Crippen MR) is 78.5 cm³/mol. The van der Waals surface area contributed by atoms with E-state index in [4.69, 9.17) is 5.73 Å². The first-order chi connectivity index (χ1) is 8.59. The van der Waals surface area contributed by atoms with Gasteiger partial charge in [-0.05, 0) is 47.9 Å². The molecule has 3 heteroatoms. The highest BCUT2D eigenvalue weighted by molar-refractivity contribution is 9.10. The largest absolute Gasteiger partial charge is 0.323 e. The lowest BCUT2D eigenvalue weighted by Gasteiger charge is -2.22. The average Bonchev–Trinajstić information content (AvgIpc) is 2.38. The smallest absolute Gasteiger partial charge is 0.0364 e. The number of benzene rings is 1. The van der Waals surface area contributed by atoms with Crippen molar-refractivity contribution < 1.29 is 0 Å². The minimum Gasteiger partial charge on any atom is -0.323 e. The zero-order chi connectivity index (χ0) is 13.1. The van der Waals surface area contributed by atoms with Crippen LogP contribution >= 0.6 is 15.9 Å². The molecule has 2 nitrogen and oxygen atoms in total. The highest BCUT2D eigenvalue weighted by Gasteiger charge is 2.18. The van der Waals surface area contributed by atoms with Crippen LogP contribution in [0.15, 0.2) is 47.2 Å². The summed E-state index contributed by atoms with van der Waals surface area (Å²) in [7, 11) is 0. The van der Waals surface area contributed by atoms with Crippen molar-refractivity contribution in [2.24, 2.45) is 5.73 Å². The summed E-state index contributed by atoms with van der Waals surface area (Å²) in [5.41, 5.74) is 10.0. The van der Waals surface area contributed by atoms with Gasteiger partial charge in [-0.1, -0.05) is 28.9 Å². The molecule has 0 aliphatic rings. The van der Waals surface area contributed by atoms with E-state index in [-0.39, 0.29) is 12.0 Å². The summed E-state index contributed by atoms with van der Waals surface area (Å²) in [5, 5.41) is 0. The van der Waals surface area contributed by atoms with Crippen LogP contribution in [-0.2, 0) is 0 Å². The minimum absolute atomic E-state index is 0.000463. The maximum absolute atomic E-state index is 6.39. The summed E-state index contributed by atoms with van der Waals surface area (Å²) in [6.45, 7) is 4.25. The Morgan fingerprint density at radius 2 is 1.83 bits per heavy atom. The molecule has 2 rings (SSSR count).